The third kappa shape index (κ3) is 3.83. The number of nitrogens with one attached hydrogen (secondary N) is 1. The van der Waals surface area contributed by atoms with E-state index < -0.39 is 0 Å². The van der Waals surface area contributed by atoms with Crippen LogP contribution in [0, 0.1) is 5.82 Å². The van der Waals surface area contributed by atoms with Crippen LogP contribution in [0.4, 0.5) is 15.8 Å². The molecule has 0 atom stereocenters. The molecule has 1 aliphatic heterocycles. The number of piperidine rings is 1. The van der Waals surface area contributed by atoms with Gasteiger partial charge in [-0.2, -0.15) is 0 Å². The zero-order valence-electron chi connectivity index (χ0n) is 11.3. The van der Waals surface area contributed by atoms with Crippen molar-refractivity contribution in [3.63, 3.8) is 0 Å². The first kappa shape index (κ1) is 14.6. The number of nitrogen functional groups attached to an aromatic ring is 1. The molecule has 1 saturated heterocycles. The molecule has 0 unspecified atom stereocenters. The van der Waals surface area contributed by atoms with Crippen molar-refractivity contribution in [2.45, 2.75) is 32.2 Å². The van der Waals surface area contributed by atoms with Gasteiger partial charge in [0.1, 0.15) is 5.82 Å². The lowest BCUT2D eigenvalue weighted by Crippen LogP contribution is -2.39. The van der Waals surface area contributed by atoms with Gasteiger partial charge in [-0.05, 0) is 47.8 Å². The molecule has 1 aliphatic rings. The highest BCUT2D eigenvalue weighted by Crippen LogP contribution is 2.28. The van der Waals surface area contributed by atoms with Gasteiger partial charge in [-0.25, -0.2) is 4.39 Å². The molecule has 0 aliphatic carbocycles. The van der Waals surface area contributed by atoms with E-state index in [1.807, 2.05) is 0 Å². The van der Waals surface area contributed by atoms with Crippen molar-refractivity contribution in [3.8, 4) is 0 Å². The molecule has 0 saturated carbocycles. The normalized spacial score (nSPS) is 17.6. The van der Waals surface area contributed by atoms with Gasteiger partial charge in [-0.15, -0.1) is 0 Å². The fraction of sp³-hybridized carbons (Fsp3) is 0.571. The second kappa shape index (κ2) is 6.57. The summed E-state index contributed by atoms with van der Waals surface area (Å²) in [4.78, 5) is 2.48. The topological polar surface area (TPSA) is 41.3 Å². The van der Waals surface area contributed by atoms with Crippen molar-refractivity contribution in [3.05, 3.63) is 22.4 Å². The molecule has 5 heteroatoms. The molecule has 1 aromatic carbocycles. The second-order valence-electron chi connectivity index (χ2n) is 5.11. The van der Waals surface area contributed by atoms with E-state index in [4.69, 9.17) is 5.73 Å². The van der Waals surface area contributed by atoms with E-state index in [-0.39, 0.29) is 5.82 Å². The van der Waals surface area contributed by atoms with Crippen LogP contribution < -0.4 is 11.1 Å². The van der Waals surface area contributed by atoms with Crippen molar-refractivity contribution in [2.75, 3.05) is 30.7 Å². The number of likely N-dealkylation sites (tertiary alicyclic amines) is 1. The predicted molar refractivity (Wildman–Crippen MR) is 81.9 cm³/mol. The first-order valence-electron chi connectivity index (χ1n) is 6.83. The summed E-state index contributed by atoms with van der Waals surface area (Å²) in [5, 5.41) is 3.37. The summed E-state index contributed by atoms with van der Waals surface area (Å²) in [6.07, 6.45) is 3.36. The lowest BCUT2D eigenvalue weighted by Gasteiger charge is -2.32. The maximum absolute atomic E-state index is 13.5. The molecule has 1 heterocycles. The SMILES string of the molecule is CCCN1CCC(Nc2cc(F)c(Br)cc2N)CC1. The summed E-state index contributed by atoms with van der Waals surface area (Å²) in [6.45, 7) is 5.58. The van der Waals surface area contributed by atoms with Gasteiger partial charge in [0.05, 0.1) is 15.8 Å². The smallest absolute Gasteiger partial charge is 0.139 e. The van der Waals surface area contributed by atoms with Gasteiger partial charge in [0.2, 0.25) is 0 Å². The van der Waals surface area contributed by atoms with Crippen molar-refractivity contribution < 1.29 is 4.39 Å². The summed E-state index contributed by atoms with van der Waals surface area (Å²) >= 11 is 3.14. The second-order valence-corrected chi connectivity index (χ2v) is 5.97. The third-order valence-electron chi connectivity index (χ3n) is 3.58. The standard InChI is InChI=1S/C14H21BrFN3/c1-2-5-19-6-3-10(4-7-19)18-14-9-12(16)11(15)8-13(14)17/h8-10,18H,2-7,17H2,1H3. The number of halogens is 2. The Balaban J connectivity index is 1.94. The van der Waals surface area contributed by atoms with Crippen LogP contribution in [0.25, 0.3) is 0 Å². The van der Waals surface area contributed by atoms with Crippen LogP contribution in [0.2, 0.25) is 0 Å². The zero-order valence-corrected chi connectivity index (χ0v) is 12.8. The molecule has 3 nitrogen and oxygen atoms in total. The van der Waals surface area contributed by atoms with E-state index in [9.17, 15) is 4.39 Å². The monoisotopic (exact) mass is 329 g/mol. The first-order chi connectivity index (χ1) is 9.10. The van der Waals surface area contributed by atoms with E-state index in [1.165, 1.54) is 19.0 Å². The van der Waals surface area contributed by atoms with Gasteiger partial charge < -0.3 is 16.0 Å². The highest BCUT2D eigenvalue weighted by Gasteiger charge is 2.19. The van der Waals surface area contributed by atoms with Crippen molar-refractivity contribution in [2.24, 2.45) is 0 Å². The molecular formula is C14H21BrFN3. The Morgan fingerprint density at radius 1 is 1.42 bits per heavy atom. The summed E-state index contributed by atoms with van der Waals surface area (Å²) in [6, 6.07) is 3.47. The summed E-state index contributed by atoms with van der Waals surface area (Å²) in [5.74, 6) is -0.278. The molecule has 106 valence electrons. The minimum absolute atomic E-state index is 0.278. The predicted octanol–water partition coefficient (Wildman–Crippen LogP) is 3.46. The number of hydrogen-bond acceptors (Lipinski definition) is 3. The minimum Gasteiger partial charge on any atom is -0.397 e. The largest absolute Gasteiger partial charge is 0.397 e. The molecule has 0 bridgehead atoms. The van der Waals surface area contributed by atoms with Crippen LogP contribution in [-0.4, -0.2) is 30.6 Å². The molecule has 1 fully saturated rings. The Kier molecular flexibility index (Phi) is 5.05. The fourth-order valence-electron chi connectivity index (χ4n) is 2.52. The van der Waals surface area contributed by atoms with E-state index in [1.54, 1.807) is 6.07 Å². The van der Waals surface area contributed by atoms with Crippen molar-refractivity contribution in [1.82, 2.24) is 4.90 Å². The van der Waals surface area contributed by atoms with Crippen molar-refractivity contribution >= 4 is 27.3 Å². The van der Waals surface area contributed by atoms with Crippen LogP contribution in [-0.2, 0) is 0 Å². The molecule has 3 N–H and O–H groups in total. The van der Waals surface area contributed by atoms with Gasteiger partial charge in [0.15, 0.2) is 0 Å². The van der Waals surface area contributed by atoms with Gasteiger partial charge in [-0.1, -0.05) is 6.92 Å². The summed E-state index contributed by atoms with van der Waals surface area (Å²) < 4.78 is 13.9. The van der Waals surface area contributed by atoms with Gasteiger partial charge in [0.25, 0.3) is 0 Å². The van der Waals surface area contributed by atoms with E-state index in [0.29, 0.717) is 21.9 Å². The zero-order chi connectivity index (χ0) is 13.8. The van der Waals surface area contributed by atoms with Crippen LogP contribution in [0.5, 0.6) is 0 Å². The lowest BCUT2D eigenvalue weighted by atomic mass is 10.0. The Bertz CT molecular complexity index is 431. The summed E-state index contributed by atoms with van der Waals surface area (Å²) in [5.41, 5.74) is 7.20. The Morgan fingerprint density at radius 2 is 2.11 bits per heavy atom. The third-order valence-corrected chi connectivity index (χ3v) is 4.19. The van der Waals surface area contributed by atoms with Crippen LogP contribution in [0.3, 0.4) is 0 Å². The van der Waals surface area contributed by atoms with Crippen LogP contribution in [0.1, 0.15) is 26.2 Å². The van der Waals surface area contributed by atoms with Gasteiger partial charge in [-0.3, -0.25) is 0 Å². The number of nitrogens with zero attached hydrogens (tertiary/aromatic N) is 1. The summed E-state index contributed by atoms with van der Waals surface area (Å²) in [7, 11) is 0. The average molecular weight is 330 g/mol. The Hall–Kier alpha value is -0.810. The maximum atomic E-state index is 13.5. The molecule has 1 aromatic rings. The number of anilines is 2. The highest BCUT2D eigenvalue weighted by molar-refractivity contribution is 9.10. The van der Waals surface area contributed by atoms with Crippen LogP contribution in [0.15, 0.2) is 16.6 Å². The first-order valence-corrected chi connectivity index (χ1v) is 7.63. The fourth-order valence-corrected chi connectivity index (χ4v) is 2.89. The minimum atomic E-state index is -0.278. The Labute approximate surface area is 122 Å². The van der Waals surface area contributed by atoms with Gasteiger partial charge >= 0.3 is 0 Å². The van der Waals surface area contributed by atoms with E-state index >= 15 is 0 Å². The van der Waals surface area contributed by atoms with Gasteiger partial charge in [0, 0.05) is 25.2 Å². The number of hydrogen-bond donors (Lipinski definition) is 2. The number of rotatable bonds is 4. The molecule has 19 heavy (non-hydrogen) atoms. The van der Waals surface area contributed by atoms with E-state index in [2.05, 4.69) is 33.1 Å². The molecule has 0 radical (unpaired) electrons. The molecule has 0 amide bonds. The quantitative estimate of drug-likeness (QED) is 0.831. The van der Waals surface area contributed by atoms with Crippen molar-refractivity contribution in [1.29, 1.82) is 0 Å². The average Bonchev–Trinajstić information content (AvgIpc) is 2.38. The molecule has 0 spiro atoms. The van der Waals surface area contributed by atoms with Crippen LogP contribution >= 0.6 is 15.9 Å². The highest BCUT2D eigenvalue weighted by atomic mass is 79.9. The van der Waals surface area contributed by atoms with E-state index in [0.717, 1.165) is 25.9 Å². The number of benzene rings is 1. The number of nitrogens with two attached hydrogens (primary N) is 1. The molecular weight excluding hydrogens is 309 g/mol. The molecule has 0 aromatic heterocycles. The molecule has 2 rings (SSSR count). The lowest BCUT2D eigenvalue weighted by molar-refractivity contribution is 0.219. The maximum Gasteiger partial charge on any atom is 0.139 e. The Morgan fingerprint density at radius 3 is 2.74 bits per heavy atom.